The van der Waals surface area contributed by atoms with E-state index in [1.165, 1.54) is 103 Å². The molecule has 0 saturated heterocycles. The van der Waals surface area contributed by atoms with Gasteiger partial charge in [-0.15, -0.1) is 0 Å². The maximum Gasteiger partial charge on any atom is 0.306 e. The highest BCUT2D eigenvalue weighted by Crippen LogP contribution is 2.15. The minimum Gasteiger partial charge on any atom is -0.462 e. The molecule has 0 aromatic rings. The summed E-state index contributed by atoms with van der Waals surface area (Å²) in [7, 11) is 0. The minimum absolute atomic E-state index is 0.112. The Hall–Kier alpha value is -3.41. The molecule has 1 atom stereocenters. The van der Waals surface area contributed by atoms with E-state index in [4.69, 9.17) is 14.2 Å². The van der Waals surface area contributed by atoms with Crippen LogP contribution in [0.3, 0.4) is 0 Å². The van der Waals surface area contributed by atoms with E-state index in [-0.39, 0.29) is 37.5 Å². The van der Waals surface area contributed by atoms with Crippen LogP contribution < -0.4 is 0 Å². The van der Waals surface area contributed by atoms with Crippen molar-refractivity contribution in [2.24, 2.45) is 0 Å². The van der Waals surface area contributed by atoms with Gasteiger partial charge in [0.2, 0.25) is 0 Å². The van der Waals surface area contributed by atoms with Crippen molar-refractivity contribution in [3.8, 4) is 0 Å². The standard InChI is InChI=1S/C56H94O6/c1-4-7-10-13-16-19-22-25-27-28-30-31-34-37-40-43-46-49-55(58)61-52-53(51-60-54(57)48-45-42-39-36-33-24-21-18-15-12-9-6-3)62-56(59)50-47-44-41-38-35-32-29-26-23-20-17-14-11-8-5-2/h9,12,16,18-19,21,25,27,30-31,33,36-37,40,53H,4-8,10-11,13-15,17,20,22-24,26,28-29,32,34-35,38-39,41-52H2,1-3H3/b12-9-,19-16-,21-18-,27-25-,31-30-,36-33-,40-37-. The van der Waals surface area contributed by atoms with Crippen LogP contribution in [0.4, 0.5) is 0 Å². The quantitative estimate of drug-likeness (QED) is 0.0263. The number of allylic oxidation sites excluding steroid dienone is 14. The van der Waals surface area contributed by atoms with Crippen LogP contribution in [0.5, 0.6) is 0 Å². The molecule has 6 heteroatoms. The van der Waals surface area contributed by atoms with Crippen molar-refractivity contribution >= 4 is 17.9 Å². The monoisotopic (exact) mass is 863 g/mol. The van der Waals surface area contributed by atoms with Crippen LogP contribution in [0.2, 0.25) is 0 Å². The largest absolute Gasteiger partial charge is 0.462 e. The van der Waals surface area contributed by atoms with Crippen molar-refractivity contribution in [2.45, 2.75) is 239 Å². The summed E-state index contributed by atoms with van der Waals surface area (Å²) in [5.74, 6) is -1.00. The second-order valence-electron chi connectivity index (χ2n) is 16.7. The molecule has 0 fully saturated rings. The van der Waals surface area contributed by atoms with Crippen LogP contribution in [-0.4, -0.2) is 37.2 Å². The molecule has 0 radical (unpaired) electrons. The topological polar surface area (TPSA) is 78.9 Å². The van der Waals surface area contributed by atoms with Crippen LogP contribution in [-0.2, 0) is 28.6 Å². The van der Waals surface area contributed by atoms with Gasteiger partial charge in [-0.2, -0.15) is 0 Å². The van der Waals surface area contributed by atoms with Crippen molar-refractivity contribution in [3.05, 3.63) is 85.1 Å². The van der Waals surface area contributed by atoms with Crippen molar-refractivity contribution in [1.82, 2.24) is 0 Å². The predicted octanol–water partition coefficient (Wildman–Crippen LogP) is 16.8. The maximum absolute atomic E-state index is 12.8. The molecule has 0 amide bonds. The Morgan fingerprint density at radius 1 is 0.339 bits per heavy atom. The van der Waals surface area contributed by atoms with Gasteiger partial charge in [-0.05, 0) is 89.9 Å². The normalized spacial score (nSPS) is 12.8. The van der Waals surface area contributed by atoms with Gasteiger partial charge in [-0.3, -0.25) is 14.4 Å². The minimum atomic E-state index is -0.811. The van der Waals surface area contributed by atoms with E-state index < -0.39 is 6.10 Å². The number of rotatable bonds is 45. The first-order valence-corrected chi connectivity index (χ1v) is 25.6. The molecule has 0 aliphatic carbocycles. The van der Waals surface area contributed by atoms with Crippen molar-refractivity contribution in [3.63, 3.8) is 0 Å². The molecule has 1 unspecified atom stereocenters. The first-order valence-electron chi connectivity index (χ1n) is 25.6. The highest BCUT2D eigenvalue weighted by Gasteiger charge is 2.19. The van der Waals surface area contributed by atoms with E-state index in [0.717, 1.165) is 83.5 Å². The van der Waals surface area contributed by atoms with Gasteiger partial charge in [0.25, 0.3) is 0 Å². The molecule has 0 aliphatic heterocycles. The Kier molecular flexibility index (Phi) is 47.5. The fourth-order valence-corrected chi connectivity index (χ4v) is 6.80. The summed E-state index contributed by atoms with van der Waals surface area (Å²) in [4.78, 5) is 37.9. The predicted molar refractivity (Wildman–Crippen MR) is 265 cm³/mol. The van der Waals surface area contributed by atoms with Crippen molar-refractivity contribution in [2.75, 3.05) is 13.2 Å². The molecule has 6 nitrogen and oxygen atoms in total. The van der Waals surface area contributed by atoms with Crippen molar-refractivity contribution in [1.29, 1.82) is 0 Å². The third-order valence-electron chi connectivity index (χ3n) is 10.6. The highest BCUT2D eigenvalue weighted by molar-refractivity contribution is 5.71. The Morgan fingerprint density at radius 2 is 0.645 bits per heavy atom. The third-order valence-corrected chi connectivity index (χ3v) is 10.6. The van der Waals surface area contributed by atoms with E-state index >= 15 is 0 Å². The van der Waals surface area contributed by atoms with Crippen LogP contribution >= 0.6 is 0 Å². The second kappa shape index (κ2) is 50.2. The Morgan fingerprint density at radius 3 is 1.08 bits per heavy atom. The maximum atomic E-state index is 12.8. The van der Waals surface area contributed by atoms with Crippen LogP contribution in [0.25, 0.3) is 0 Å². The molecule has 0 aliphatic rings. The number of carbonyl (C=O) groups excluding carboxylic acids is 3. The van der Waals surface area contributed by atoms with Gasteiger partial charge >= 0.3 is 17.9 Å². The van der Waals surface area contributed by atoms with E-state index in [1.807, 2.05) is 0 Å². The van der Waals surface area contributed by atoms with Gasteiger partial charge in [-0.25, -0.2) is 0 Å². The van der Waals surface area contributed by atoms with Crippen LogP contribution in [0, 0.1) is 0 Å². The first kappa shape index (κ1) is 58.6. The highest BCUT2D eigenvalue weighted by atomic mass is 16.6. The summed E-state index contributed by atoms with van der Waals surface area (Å²) in [5.41, 5.74) is 0. The molecule has 0 rings (SSSR count). The van der Waals surface area contributed by atoms with E-state index in [0.29, 0.717) is 19.3 Å². The number of carbonyl (C=O) groups is 3. The zero-order valence-corrected chi connectivity index (χ0v) is 40.4. The Balaban J connectivity index is 4.50. The number of esters is 3. The molecule has 0 N–H and O–H groups in total. The summed E-state index contributed by atoms with van der Waals surface area (Å²) in [6.07, 6.45) is 64.3. The fraction of sp³-hybridized carbons (Fsp3) is 0.696. The van der Waals surface area contributed by atoms with E-state index in [9.17, 15) is 14.4 Å². The molecule has 0 aromatic heterocycles. The summed E-state index contributed by atoms with van der Waals surface area (Å²) in [5, 5.41) is 0. The fourth-order valence-electron chi connectivity index (χ4n) is 6.80. The summed E-state index contributed by atoms with van der Waals surface area (Å²) < 4.78 is 16.7. The average molecular weight is 863 g/mol. The van der Waals surface area contributed by atoms with Gasteiger partial charge in [0, 0.05) is 19.3 Å². The average Bonchev–Trinajstić information content (AvgIpc) is 3.27. The lowest BCUT2D eigenvalue weighted by Gasteiger charge is -2.18. The Labute approximate surface area is 382 Å². The molecule has 0 spiro atoms. The van der Waals surface area contributed by atoms with Crippen molar-refractivity contribution < 1.29 is 28.6 Å². The van der Waals surface area contributed by atoms with Crippen LogP contribution in [0.15, 0.2) is 85.1 Å². The lowest BCUT2D eigenvalue weighted by Crippen LogP contribution is -2.30. The number of hydrogen-bond donors (Lipinski definition) is 0. The smallest absolute Gasteiger partial charge is 0.306 e. The molecular weight excluding hydrogens is 769 g/mol. The second-order valence-corrected chi connectivity index (χ2v) is 16.7. The molecule has 0 aromatic carbocycles. The molecule has 0 saturated carbocycles. The summed E-state index contributed by atoms with van der Waals surface area (Å²) in [6, 6.07) is 0. The number of unbranched alkanes of at least 4 members (excludes halogenated alkanes) is 20. The van der Waals surface area contributed by atoms with Gasteiger partial charge in [-0.1, -0.05) is 209 Å². The lowest BCUT2D eigenvalue weighted by atomic mass is 10.0. The zero-order valence-electron chi connectivity index (χ0n) is 40.4. The Bertz CT molecular complexity index is 1220. The SMILES string of the molecule is CC/C=C\C/C=C\C/C=C\CCCCC(=O)OCC(COC(=O)CCC/C=C\C/C=C\C/C=C\C/C=C\CCCCC)OC(=O)CCCCCCCCCCCCCCCCC. The molecule has 0 heterocycles. The van der Waals surface area contributed by atoms with E-state index in [1.54, 1.807) is 0 Å². The number of ether oxygens (including phenoxy) is 3. The molecule has 0 bridgehead atoms. The van der Waals surface area contributed by atoms with Gasteiger partial charge in [0.1, 0.15) is 13.2 Å². The molecule has 62 heavy (non-hydrogen) atoms. The number of hydrogen-bond acceptors (Lipinski definition) is 6. The van der Waals surface area contributed by atoms with Gasteiger partial charge in [0.05, 0.1) is 0 Å². The van der Waals surface area contributed by atoms with Crippen LogP contribution in [0.1, 0.15) is 233 Å². The molecule has 354 valence electrons. The van der Waals surface area contributed by atoms with Gasteiger partial charge < -0.3 is 14.2 Å². The molecular formula is C56H94O6. The first-order chi connectivity index (χ1) is 30.5. The summed E-state index contributed by atoms with van der Waals surface area (Å²) >= 11 is 0. The van der Waals surface area contributed by atoms with E-state index in [2.05, 4.69) is 106 Å². The summed E-state index contributed by atoms with van der Waals surface area (Å²) in [6.45, 7) is 6.41. The lowest BCUT2D eigenvalue weighted by molar-refractivity contribution is -0.167. The van der Waals surface area contributed by atoms with Gasteiger partial charge in [0.15, 0.2) is 6.10 Å². The third kappa shape index (κ3) is 47.6. The zero-order chi connectivity index (χ0) is 45.1.